The number of aromatic nitrogens is 18. The summed E-state index contributed by atoms with van der Waals surface area (Å²) >= 11 is 0. The van der Waals surface area contributed by atoms with Crippen molar-refractivity contribution in [2.45, 2.75) is 174 Å². The summed E-state index contributed by atoms with van der Waals surface area (Å²) in [4.78, 5) is 49.5. The third kappa shape index (κ3) is 26.3. The summed E-state index contributed by atoms with van der Waals surface area (Å²) < 4.78 is 264. The molecule has 2 N–H and O–H groups in total. The molecule has 0 unspecified atom stereocenters. The Kier molecular flexibility index (Phi) is 26.8. The van der Waals surface area contributed by atoms with Gasteiger partial charge in [0.25, 0.3) is 23.3 Å². The van der Waals surface area contributed by atoms with Gasteiger partial charge in [-0.3, -0.25) is 0 Å². The van der Waals surface area contributed by atoms with E-state index in [1.807, 2.05) is 49.6 Å². The van der Waals surface area contributed by atoms with Crippen molar-refractivity contribution in [3.63, 3.8) is 0 Å². The second-order valence-corrected chi connectivity index (χ2v) is 40.0. The van der Waals surface area contributed by atoms with Crippen LogP contribution in [0.1, 0.15) is 165 Å². The van der Waals surface area contributed by atoms with Crippen LogP contribution >= 0.6 is 31.2 Å². The molecule has 16 bridgehead atoms. The number of nitrogens with zero attached hydrogens (tertiary/aromatic N) is 20. The standard InChI is InChI=1S/C49H58N11.C41H39N11.4F6P/c1-9-53-25-26-54(10-2)46(53)42-34-17-18-35(33-34)43(47-55(11-3)27-28-56(47)12-4)37-20-22-39(51-37)45(49-59(15-7)31-32-60(49)16-8)41-24-23-40(52-41)44(38-21-19-36(42)50-38)48-57(13-5)29-30-58(48)14-6;1-5-49-21-17-42-38(49)34-26-9-10-27(25-26)35(39-43-18-22-50(39)6-2)29-12-14-31(47-29)37(41-45-20-24-52(41)8-4)33-16-15-32(48-33)36(30-13-11-28(34)46-30)40-44-19-23-51(40)7-3;4*1-7(2,3,4,5)6/h17-32H,9-16,33H2,1-8H3;9-24,48H,5-8,25H2,1-4H3;;;;/q+3;;4*-1/p+1. The third-order valence-corrected chi connectivity index (χ3v) is 22.7. The zero-order valence-corrected chi connectivity index (χ0v) is 80.8. The Labute approximate surface area is 785 Å². The fourth-order valence-electron chi connectivity index (χ4n) is 17.1. The van der Waals surface area contributed by atoms with Crippen LogP contribution in [0.15, 0.2) is 261 Å². The molecule has 50 heteroatoms. The minimum absolute atomic E-state index is 0.674. The topological polar surface area (TPSA) is 188 Å². The fourth-order valence-corrected chi connectivity index (χ4v) is 17.1. The van der Waals surface area contributed by atoms with E-state index in [9.17, 15) is 101 Å². The number of rotatable bonds is 20. The van der Waals surface area contributed by atoms with E-state index >= 15 is 0 Å². The molecule has 0 spiro atoms. The molecular formula is C90H98F24N22P4. The number of aryl methyl sites for hydroxylation is 12. The molecule has 0 saturated heterocycles. The molecule has 8 aliphatic rings. The van der Waals surface area contributed by atoms with Crippen LogP contribution < -0.4 is 18.3 Å². The molecule has 16 heterocycles. The van der Waals surface area contributed by atoms with Crippen LogP contribution in [0, 0.1) is 0 Å². The number of hydrogen-bond acceptors (Lipinski definition) is 8. The monoisotopic (exact) mass is 2070 g/mol. The molecule has 0 amide bonds. The number of halogens is 24. The van der Waals surface area contributed by atoms with E-state index in [1.165, 1.54) is 33.9 Å². The van der Waals surface area contributed by atoms with Gasteiger partial charge < -0.3 is 28.2 Å². The molecule has 18 rings (SSSR count). The molecule has 6 aliphatic heterocycles. The first-order valence-electron chi connectivity index (χ1n) is 44.2. The molecule has 140 heavy (non-hydrogen) atoms. The average molecular weight is 2070 g/mol. The number of aliphatic imine (C=N–C) groups is 4. The normalized spacial score (nSPS) is 17.8. The van der Waals surface area contributed by atoms with Crippen molar-refractivity contribution in [2.75, 3.05) is 0 Å². The van der Waals surface area contributed by atoms with Gasteiger partial charge in [0.05, 0.1) is 143 Å². The van der Waals surface area contributed by atoms with Crippen molar-refractivity contribution in [3.05, 3.63) is 311 Å². The summed E-state index contributed by atoms with van der Waals surface area (Å²) in [5, 5.41) is 0. The number of aromatic amines is 2. The van der Waals surface area contributed by atoms with Gasteiger partial charge in [-0.2, -0.15) is 0 Å². The number of nitrogens with one attached hydrogen (secondary N) is 2. The van der Waals surface area contributed by atoms with Crippen molar-refractivity contribution in [1.29, 1.82) is 0 Å². The van der Waals surface area contributed by atoms with Crippen LogP contribution in [-0.2, 0) is 78.5 Å². The number of hydrogen-bond donors (Lipinski definition) is 2. The number of imidazole rings is 8. The number of allylic oxidation sites excluding steroid dienone is 20. The van der Waals surface area contributed by atoms with Crippen LogP contribution in [0.4, 0.5) is 101 Å². The molecule has 0 atom stereocenters. The van der Waals surface area contributed by atoms with Crippen LogP contribution in [0.25, 0.3) is 44.6 Å². The molecule has 0 fully saturated rings. The SMILES string of the molecule is CCn1cc[n+](CC)c1C1=C2C=CC(=C(c3n(CC)cc[n+]3CC)C3=NC(=C(c4n(CC)cc[n+]4CC)c4ccc([nH]4)C(c4n(CC)cc[n+]4CC)=C4C=CC1=N4)C=C3)C2.CCn1ccnc1C1=C2C=CC(=C(c3nccn3CC)C3=NC(=C(c4nccn4CC)c4ccc([nH]4)C(c4nccn4CC)=C4C=CC1=N4)C=C3)C2.F[P-](F)(F)(F)(F)F.F[P-](F)(F)(F)(F)F.F[P-](F)(F)(F)(F)F.F[P-](F)(F)(F)(F)F. The van der Waals surface area contributed by atoms with Gasteiger partial charge in [0.15, 0.2) is 0 Å². The van der Waals surface area contributed by atoms with E-state index in [-0.39, 0.29) is 0 Å². The van der Waals surface area contributed by atoms with E-state index in [2.05, 4.69) is 295 Å². The summed E-state index contributed by atoms with van der Waals surface area (Å²) in [6.07, 6.45) is 61.1. The third-order valence-electron chi connectivity index (χ3n) is 22.7. The molecule has 2 aliphatic carbocycles. The predicted octanol–water partition coefficient (Wildman–Crippen LogP) is 27.8. The maximum absolute atomic E-state index is 10.7. The van der Waals surface area contributed by atoms with Gasteiger partial charge in [-0.1, -0.05) is 24.3 Å². The molecule has 0 aromatic carbocycles. The van der Waals surface area contributed by atoms with Crippen molar-refractivity contribution < 1.29 is 119 Å². The van der Waals surface area contributed by atoms with Crippen LogP contribution in [-0.4, -0.2) is 89.3 Å². The van der Waals surface area contributed by atoms with Gasteiger partial charge in [-0.25, -0.2) is 76.4 Å². The molecule has 10 aromatic rings. The Morgan fingerprint density at radius 3 is 0.657 bits per heavy atom. The van der Waals surface area contributed by atoms with E-state index in [0.717, 1.165) is 233 Å². The average Bonchev–Trinajstić information content (AvgIpc) is 1.61. The Hall–Kier alpha value is -12.7. The van der Waals surface area contributed by atoms with Crippen molar-refractivity contribution in [1.82, 2.24) is 66.4 Å². The first-order valence-corrected chi connectivity index (χ1v) is 52.3. The van der Waals surface area contributed by atoms with Crippen LogP contribution in [0.2, 0.25) is 0 Å². The molecule has 0 radical (unpaired) electrons. The quantitative estimate of drug-likeness (QED) is 0.0437. The van der Waals surface area contributed by atoms with Gasteiger partial charge in [-0.05, 0) is 191 Å². The van der Waals surface area contributed by atoms with E-state index in [4.69, 9.17) is 39.9 Å². The molecular weight excluding hydrogens is 1970 g/mol. The zero-order chi connectivity index (χ0) is 103. The number of H-pyrrole nitrogens is 2. The van der Waals surface area contributed by atoms with Gasteiger partial charge >= 0.3 is 132 Å². The van der Waals surface area contributed by atoms with Gasteiger partial charge in [-0.15, -0.1) is 0 Å². The Bertz CT molecular complexity index is 6610. The summed E-state index contributed by atoms with van der Waals surface area (Å²) in [5.74, 6) is 8.08. The fraction of sp³-hybridized carbons (Fsp3) is 0.289. The predicted molar refractivity (Wildman–Crippen MR) is 497 cm³/mol. The Balaban J connectivity index is 0.000000186. The number of fused-ring (bicyclic) bond motifs is 12. The second kappa shape index (κ2) is 35.8. The summed E-state index contributed by atoms with van der Waals surface area (Å²) in [7, 11) is -42.6. The van der Waals surface area contributed by atoms with Crippen molar-refractivity contribution >= 4 is 98.7 Å². The Morgan fingerprint density at radius 2 is 0.436 bits per heavy atom. The minimum atomic E-state index is -10.7. The summed E-state index contributed by atoms with van der Waals surface area (Å²) in [6.45, 7) is 36.2. The van der Waals surface area contributed by atoms with Crippen molar-refractivity contribution in [3.8, 4) is 0 Å². The second-order valence-electron chi connectivity index (χ2n) is 32.3. The molecule has 0 saturated carbocycles. The van der Waals surface area contributed by atoms with Gasteiger partial charge in [0.2, 0.25) is 0 Å². The van der Waals surface area contributed by atoms with Crippen LogP contribution in [0.3, 0.4) is 0 Å². The maximum atomic E-state index is 9.87. The van der Waals surface area contributed by atoms with Gasteiger partial charge in [0, 0.05) is 86.9 Å². The first kappa shape index (κ1) is 105. The molecule has 22 nitrogen and oxygen atoms in total. The van der Waals surface area contributed by atoms with Gasteiger partial charge in [0.1, 0.15) is 84.0 Å². The summed E-state index contributed by atoms with van der Waals surface area (Å²) in [5.41, 5.74) is 24.2. The molecule has 756 valence electrons. The van der Waals surface area contributed by atoms with E-state index < -0.39 is 31.2 Å². The summed E-state index contributed by atoms with van der Waals surface area (Å²) in [6, 6.07) is 8.72. The van der Waals surface area contributed by atoms with Crippen LogP contribution in [0.5, 0.6) is 0 Å². The Morgan fingerprint density at radius 1 is 0.243 bits per heavy atom. The van der Waals surface area contributed by atoms with Crippen molar-refractivity contribution in [2.24, 2.45) is 20.0 Å². The van der Waals surface area contributed by atoms with E-state index in [1.54, 1.807) is 0 Å². The molecule has 10 aromatic heterocycles. The first-order chi connectivity index (χ1) is 64.8. The zero-order valence-electron chi connectivity index (χ0n) is 77.2. The van der Waals surface area contributed by atoms with E-state index in [0.29, 0.717) is 6.42 Å².